The summed E-state index contributed by atoms with van der Waals surface area (Å²) in [5, 5.41) is 2.87. The van der Waals surface area contributed by atoms with E-state index >= 15 is 0 Å². The van der Waals surface area contributed by atoms with E-state index in [2.05, 4.69) is 35.1 Å². The number of carbonyl (C=O) groups is 1. The molecule has 0 unspecified atom stereocenters. The van der Waals surface area contributed by atoms with Gasteiger partial charge >= 0.3 is 0 Å². The molecule has 1 N–H and O–H groups in total. The maximum Gasteiger partial charge on any atom is 0.220 e. The monoisotopic (exact) mass is 359 g/mol. The summed E-state index contributed by atoms with van der Waals surface area (Å²) >= 11 is 5.22. The highest BCUT2D eigenvalue weighted by molar-refractivity contribution is 9.10. The van der Waals surface area contributed by atoms with Crippen LogP contribution in [0.3, 0.4) is 0 Å². The summed E-state index contributed by atoms with van der Waals surface area (Å²) in [7, 11) is 0. The van der Waals surface area contributed by atoms with Crippen LogP contribution in [-0.4, -0.2) is 30.6 Å². The van der Waals surface area contributed by atoms with Gasteiger partial charge in [-0.15, -0.1) is 0 Å². The van der Waals surface area contributed by atoms with Crippen molar-refractivity contribution in [3.8, 4) is 5.75 Å². The van der Waals surface area contributed by atoms with Crippen molar-refractivity contribution in [2.24, 2.45) is 5.92 Å². The molecule has 3 nitrogen and oxygen atoms in total. The molecule has 0 aliphatic heterocycles. The van der Waals surface area contributed by atoms with E-state index in [1.54, 1.807) is 0 Å². The molecule has 1 rings (SSSR count). The first kappa shape index (κ1) is 17.4. The van der Waals surface area contributed by atoms with E-state index in [-0.39, 0.29) is 5.91 Å². The molecule has 112 valence electrons. The second-order valence-corrected chi connectivity index (χ2v) is 6.94. The second-order valence-electron chi connectivity index (χ2n) is 4.87. The minimum Gasteiger partial charge on any atom is -0.492 e. The molecule has 0 spiro atoms. The van der Waals surface area contributed by atoms with Gasteiger partial charge in [-0.05, 0) is 29.9 Å². The van der Waals surface area contributed by atoms with Gasteiger partial charge in [0.1, 0.15) is 12.4 Å². The van der Waals surface area contributed by atoms with Crippen molar-refractivity contribution < 1.29 is 9.53 Å². The Morgan fingerprint density at radius 3 is 2.95 bits per heavy atom. The fraction of sp³-hybridized carbons (Fsp3) is 0.533. The van der Waals surface area contributed by atoms with Crippen molar-refractivity contribution in [1.82, 2.24) is 5.32 Å². The van der Waals surface area contributed by atoms with Gasteiger partial charge in [-0.1, -0.05) is 35.8 Å². The van der Waals surface area contributed by atoms with Crippen molar-refractivity contribution in [2.75, 3.05) is 24.7 Å². The molecule has 20 heavy (non-hydrogen) atoms. The number of rotatable bonds is 9. The molecule has 0 heterocycles. The lowest BCUT2D eigenvalue weighted by atomic mass is 10.3. The largest absolute Gasteiger partial charge is 0.492 e. The van der Waals surface area contributed by atoms with E-state index in [1.807, 2.05) is 36.0 Å². The van der Waals surface area contributed by atoms with Crippen LogP contribution in [-0.2, 0) is 4.79 Å². The fourth-order valence-electron chi connectivity index (χ4n) is 1.49. The molecule has 0 fully saturated rings. The van der Waals surface area contributed by atoms with Crippen molar-refractivity contribution in [3.63, 3.8) is 0 Å². The Morgan fingerprint density at radius 2 is 2.25 bits per heavy atom. The maximum absolute atomic E-state index is 11.6. The number of halogens is 1. The van der Waals surface area contributed by atoms with Gasteiger partial charge in [0.15, 0.2) is 0 Å². The van der Waals surface area contributed by atoms with Crippen LogP contribution in [0.4, 0.5) is 0 Å². The van der Waals surface area contributed by atoms with Crippen LogP contribution in [0.5, 0.6) is 5.75 Å². The zero-order valence-corrected chi connectivity index (χ0v) is 14.4. The molecule has 0 aromatic heterocycles. The number of amides is 1. The van der Waals surface area contributed by atoms with Crippen LogP contribution in [0.2, 0.25) is 0 Å². The minimum absolute atomic E-state index is 0.0964. The van der Waals surface area contributed by atoms with Gasteiger partial charge in [-0.25, -0.2) is 0 Å². The normalized spacial score (nSPS) is 10.6. The van der Waals surface area contributed by atoms with Crippen LogP contribution < -0.4 is 10.1 Å². The first-order chi connectivity index (χ1) is 9.58. The lowest BCUT2D eigenvalue weighted by molar-refractivity contribution is -0.120. The third kappa shape index (κ3) is 8.48. The molecule has 1 aromatic carbocycles. The lowest BCUT2D eigenvalue weighted by Crippen LogP contribution is -2.28. The second kappa shape index (κ2) is 10.1. The summed E-state index contributed by atoms with van der Waals surface area (Å²) in [4.78, 5) is 11.6. The van der Waals surface area contributed by atoms with Crippen molar-refractivity contribution in [2.45, 2.75) is 20.3 Å². The molecular formula is C15H22BrNO2S. The third-order valence-corrected chi connectivity index (χ3v) is 4.30. The van der Waals surface area contributed by atoms with Gasteiger partial charge in [0.25, 0.3) is 0 Å². The molecule has 0 saturated carbocycles. The summed E-state index contributed by atoms with van der Waals surface area (Å²) < 4.78 is 6.53. The summed E-state index contributed by atoms with van der Waals surface area (Å²) in [6, 6.07) is 7.67. The highest BCUT2D eigenvalue weighted by Crippen LogP contribution is 2.17. The Bertz CT molecular complexity index is 413. The number of carbonyl (C=O) groups excluding carboxylic acids is 1. The molecular weight excluding hydrogens is 338 g/mol. The summed E-state index contributed by atoms with van der Waals surface area (Å²) in [6.45, 7) is 5.40. The number of hydrogen-bond acceptors (Lipinski definition) is 3. The smallest absolute Gasteiger partial charge is 0.220 e. The molecule has 0 aliphatic carbocycles. The van der Waals surface area contributed by atoms with Gasteiger partial charge in [0.05, 0.1) is 6.54 Å². The van der Waals surface area contributed by atoms with E-state index < -0.39 is 0 Å². The van der Waals surface area contributed by atoms with Gasteiger partial charge in [0.2, 0.25) is 5.91 Å². The quantitative estimate of drug-likeness (QED) is 0.682. The van der Waals surface area contributed by atoms with Gasteiger partial charge in [-0.3, -0.25) is 4.79 Å². The fourth-order valence-corrected chi connectivity index (χ4v) is 2.83. The molecule has 0 saturated heterocycles. The molecule has 0 radical (unpaired) electrons. The Hall–Kier alpha value is -0.680. The SMILES string of the molecule is CC(C)CSCCC(=O)NCCOc1cccc(Br)c1. The van der Waals surface area contributed by atoms with Gasteiger partial charge in [0, 0.05) is 16.6 Å². The zero-order chi connectivity index (χ0) is 14.8. The van der Waals surface area contributed by atoms with Crippen LogP contribution in [0.25, 0.3) is 0 Å². The van der Waals surface area contributed by atoms with Crippen molar-refractivity contribution >= 4 is 33.6 Å². The third-order valence-electron chi connectivity index (χ3n) is 2.41. The maximum atomic E-state index is 11.6. The first-order valence-electron chi connectivity index (χ1n) is 6.80. The van der Waals surface area contributed by atoms with Crippen LogP contribution in [0.1, 0.15) is 20.3 Å². The predicted molar refractivity (Wildman–Crippen MR) is 89.4 cm³/mol. The molecule has 1 aromatic rings. The van der Waals surface area contributed by atoms with E-state index in [0.717, 1.165) is 21.7 Å². The predicted octanol–water partition coefficient (Wildman–Crippen LogP) is 3.72. The van der Waals surface area contributed by atoms with E-state index in [0.29, 0.717) is 25.5 Å². The molecule has 5 heteroatoms. The Labute approximate surface area is 134 Å². The lowest BCUT2D eigenvalue weighted by Gasteiger charge is -2.08. The van der Waals surface area contributed by atoms with Gasteiger partial charge in [-0.2, -0.15) is 11.8 Å². The Balaban J connectivity index is 2.04. The Morgan fingerprint density at radius 1 is 1.45 bits per heavy atom. The number of thioether (sulfide) groups is 1. The van der Waals surface area contributed by atoms with Crippen LogP contribution >= 0.6 is 27.7 Å². The highest BCUT2D eigenvalue weighted by Gasteiger charge is 2.02. The highest BCUT2D eigenvalue weighted by atomic mass is 79.9. The van der Waals surface area contributed by atoms with Gasteiger partial charge < -0.3 is 10.1 Å². The molecule has 1 amide bonds. The number of nitrogens with one attached hydrogen (secondary N) is 1. The van der Waals surface area contributed by atoms with Crippen molar-refractivity contribution in [3.05, 3.63) is 28.7 Å². The zero-order valence-electron chi connectivity index (χ0n) is 12.0. The average Bonchev–Trinajstić information content (AvgIpc) is 2.40. The average molecular weight is 360 g/mol. The minimum atomic E-state index is 0.0964. The number of ether oxygens (including phenoxy) is 1. The topological polar surface area (TPSA) is 38.3 Å². The summed E-state index contributed by atoms with van der Waals surface area (Å²) in [5.41, 5.74) is 0. The number of hydrogen-bond donors (Lipinski definition) is 1. The van der Waals surface area contributed by atoms with Crippen molar-refractivity contribution in [1.29, 1.82) is 0 Å². The van der Waals surface area contributed by atoms with Crippen LogP contribution in [0, 0.1) is 5.92 Å². The summed E-state index contributed by atoms with van der Waals surface area (Å²) in [5.74, 6) is 3.58. The molecule has 0 aliphatic rings. The molecule has 0 bridgehead atoms. The van der Waals surface area contributed by atoms with E-state index in [9.17, 15) is 4.79 Å². The van der Waals surface area contributed by atoms with Crippen LogP contribution in [0.15, 0.2) is 28.7 Å². The Kier molecular flexibility index (Phi) is 8.78. The standard InChI is InChI=1S/C15H22BrNO2S/c1-12(2)11-20-9-6-15(18)17-7-8-19-14-5-3-4-13(16)10-14/h3-5,10,12H,6-9,11H2,1-2H3,(H,17,18). The van der Waals surface area contributed by atoms with E-state index in [1.165, 1.54) is 0 Å². The molecule has 0 atom stereocenters. The van der Waals surface area contributed by atoms with E-state index in [4.69, 9.17) is 4.74 Å². The number of benzene rings is 1. The summed E-state index contributed by atoms with van der Waals surface area (Å²) in [6.07, 6.45) is 0.578. The first-order valence-corrected chi connectivity index (χ1v) is 8.75.